The summed E-state index contributed by atoms with van der Waals surface area (Å²) in [7, 11) is 0. The monoisotopic (exact) mass is 288 g/mol. The number of rotatable bonds is 4. The molecule has 0 saturated carbocycles. The van der Waals surface area contributed by atoms with Crippen molar-refractivity contribution in [1.82, 2.24) is 10.2 Å². The van der Waals surface area contributed by atoms with Crippen LogP contribution in [0.2, 0.25) is 0 Å². The Morgan fingerprint density at radius 2 is 2.53 bits per heavy atom. The van der Waals surface area contributed by atoms with Crippen LogP contribution in [0.1, 0.15) is 18.2 Å². The van der Waals surface area contributed by atoms with Crippen molar-refractivity contribution >= 4 is 27.3 Å². The molecule has 0 aliphatic carbocycles. The molecule has 4 heteroatoms. The lowest BCUT2D eigenvalue weighted by atomic mass is 10.3. The van der Waals surface area contributed by atoms with Crippen LogP contribution in [0.25, 0.3) is 0 Å². The lowest BCUT2D eigenvalue weighted by Crippen LogP contribution is -2.31. The molecule has 2 heterocycles. The van der Waals surface area contributed by atoms with Gasteiger partial charge < -0.3 is 5.32 Å². The third-order valence-electron chi connectivity index (χ3n) is 2.77. The van der Waals surface area contributed by atoms with Crippen LogP contribution in [-0.4, -0.2) is 30.6 Å². The van der Waals surface area contributed by atoms with Crippen molar-refractivity contribution in [2.75, 3.05) is 19.6 Å². The van der Waals surface area contributed by atoms with Gasteiger partial charge in [-0.25, -0.2) is 0 Å². The van der Waals surface area contributed by atoms with Gasteiger partial charge in [-0.3, -0.25) is 4.90 Å². The number of halogens is 1. The van der Waals surface area contributed by atoms with Gasteiger partial charge in [-0.2, -0.15) is 0 Å². The number of likely N-dealkylation sites (tertiary alicyclic amines) is 1. The molecule has 15 heavy (non-hydrogen) atoms. The van der Waals surface area contributed by atoms with Crippen LogP contribution in [0, 0.1) is 0 Å². The Kier molecular flexibility index (Phi) is 4.20. The molecule has 0 aromatic carbocycles. The fourth-order valence-electron chi connectivity index (χ4n) is 2.09. The molecule has 1 fully saturated rings. The Morgan fingerprint density at radius 1 is 1.67 bits per heavy atom. The van der Waals surface area contributed by atoms with E-state index in [0.717, 1.165) is 13.1 Å². The molecular weight excluding hydrogens is 272 g/mol. The van der Waals surface area contributed by atoms with Crippen molar-refractivity contribution in [3.8, 4) is 0 Å². The van der Waals surface area contributed by atoms with E-state index in [4.69, 9.17) is 0 Å². The topological polar surface area (TPSA) is 15.3 Å². The summed E-state index contributed by atoms with van der Waals surface area (Å²) in [5.41, 5.74) is 0. The third kappa shape index (κ3) is 3.28. The molecule has 1 saturated heterocycles. The quantitative estimate of drug-likeness (QED) is 0.917. The Balaban J connectivity index is 1.82. The normalized spacial score (nSPS) is 22.4. The highest BCUT2D eigenvalue weighted by atomic mass is 79.9. The molecule has 1 atom stereocenters. The first-order chi connectivity index (χ1) is 7.28. The lowest BCUT2D eigenvalue weighted by molar-refractivity contribution is 0.323. The van der Waals surface area contributed by atoms with Gasteiger partial charge in [0, 0.05) is 40.4 Å². The van der Waals surface area contributed by atoms with Gasteiger partial charge in [-0.1, -0.05) is 6.92 Å². The highest BCUT2D eigenvalue weighted by Gasteiger charge is 2.21. The summed E-state index contributed by atoms with van der Waals surface area (Å²) in [6.45, 7) is 6.80. The van der Waals surface area contributed by atoms with Gasteiger partial charge in [0.15, 0.2) is 0 Å². The van der Waals surface area contributed by atoms with Gasteiger partial charge >= 0.3 is 0 Å². The maximum atomic E-state index is 3.52. The Bertz CT molecular complexity index is 313. The fraction of sp³-hybridized carbons (Fsp3) is 0.636. The summed E-state index contributed by atoms with van der Waals surface area (Å²) in [6, 6.07) is 2.93. The van der Waals surface area contributed by atoms with Gasteiger partial charge in [-0.15, -0.1) is 11.3 Å². The van der Waals surface area contributed by atoms with Crippen LogP contribution in [0.3, 0.4) is 0 Å². The summed E-state index contributed by atoms with van der Waals surface area (Å²) in [4.78, 5) is 3.99. The largest absolute Gasteiger partial charge is 0.313 e. The minimum Gasteiger partial charge on any atom is -0.313 e. The number of thiophene rings is 1. The second kappa shape index (κ2) is 5.43. The van der Waals surface area contributed by atoms with E-state index in [2.05, 4.69) is 44.5 Å². The molecule has 1 unspecified atom stereocenters. The molecule has 0 spiro atoms. The molecule has 1 aromatic heterocycles. The van der Waals surface area contributed by atoms with Crippen LogP contribution in [0.15, 0.2) is 15.9 Å². The van der Waals surface area contributed by atoms with Crippen molar-refractivity contribution in [1.29, 1.82) is 0 Å². The van der Waals surface area contributed by atoms with Crippen LogP contribution in [0.4, 0.5) is 0 Å². The smallest absolute Gasteiger partial charge is 0.0328 e. The minimum absolute atomic E-state index is 0.707. The van der Waals surface area contributed by atoms with Crippen molar-refractivity contribution in [3.63, 3.8) is 0 Å². The third-order valence-corrected chi connectivity index (χ3v) is 4.45. The molecule has 1 aliphatic rings. The molecule has 1 aromatic rings. The predicted molar refractivity (Wildman–Crippen MR) is 69.4 cm³/mol. The zero-order chi connectivity index (χ0) is 10.7. The number of nitrogens with zero attached hydrogens (tertiary/aromatic N) is 1. The number of likely N-dealkylation sites (N-methyl/N-ethyl adjacent to an activating group) is 1. The summed E-state index contributed by atoms with van der Waals surface area (Å²) < 4.78 is 1.21. The van der Waals surface area contributed by atoms with E-state index in [1.807, 2.05) is 11.3 Å². The summed E-state index contributed by atoms with van der Waals surface area (Å²) >= 11 is 5.34. The number of hydrogen-bond donors (Lipinski definition) is 1. The maximum absolute atomic E-state index is 3.52. The molecule has 2 nitrogen and oxygen atoms in total. The van der Waals surface area contributed by atoms with Gasteiger partial charge in [0.25, 0.3) is 0 Å². The van der Waals surface area contributed by atoms with Gasteiger partial charge in [0.05, 0.1) is 0 Å². The average Bonchev–Trinajstić information content (AvgIpc) is 2.78. The Hall–Kier alpha value is 0.1000. The Labute approximate surface area is 104 Å². The van der Waals surface area contributed by atoms with Crippen LogP contribution in [-0.2, 0) is 6.54 Å². The highest BCUT2D eigenvalue weighted by molar-refractivity contribution is 9.10. The first-order valence-corrected chi connectivity index (χ1v) is 7.14. The zero-order valence-electron chi connectivity index (χ0n) is 9.00. The predicted octanol–water partition coefficient (Wildman–Crippen LogP) is 2.69. The average molecular weight is 289 g/mol. The fourth-order valence-corrected chi connectivity index (χ4v) is 3.58. The zero-order valence-corrected chi connectivity index (χ0v) is 11.4. The van der Waals surface area contributed by atoms with Crippen LogP contribution in [0.5, 0.6) is 0 Å². The van der Waals surface area contributed by atoms with Gasteiger partial charge in [0.2, 0.25) is 0 Å². The van der Waals surface area contributed by atoms with E-state index in [1.54, 1.807) is 0 Å². The summed E-state index contributed by atoms with van der Waals surface area (Å²) in [5, 5.41) is 5.68. The molecule has 84 valence electrons. The van der Waals surface area contributed by atoms with Crippen molar-refractivity contribution < 1.29 is 0 Å². The van der Waals surface area contributed by atoms with E-state index >= 15 is 0 Å². The highest BCUT2D eigenvalue weighted by Crippen LogP contribution is 2.22. The molecular formula is C11H17BrN2S. The SMILES string of the molecule is CCNC1CCN(Cc2cc(Br)cs2)C1. The minimum atomic E-state index is 0.707. The lowest BCUT2D eigenvalue weighted by Gasteiger charge is -2.15. The van der Waals surface area contributed by atoms with Gasteiger partial charge in [0.1, 0.15) is 0 Å². The Morgan fingerprint density at radius 3 is 3.20 bits per heavy atom. The van der Waals surface area contributed by atoms with Crippen molar-refractivity contribution in [2.24, 2.45) is 0 Å². The van der Waals surface area contributed by atoms with Crippen LogP contribution >= 0.6 is 27.3 Å². The van der Waals surface area contributed by atoms with E-state index < -0.39 is 0 Å². The molecule has 0 radical (unpaired) electrons. The maximum Gasteiger partial charge on any atom is 0.0328 e. The summed E-state index contributed by atoms with van der Waals surface area (Å²) in [5.74, 6) is 0. The number of nitrogens with one attached hydrogen (secondary N) is 1. The summed E-state index contributed by atoms with van der Waals surface area (Å²) in [6.07, 6.45) is 1.29. The molecule has 0 bridgehead atoms. The first kappa shape index (κ1) is 11.6. The molecule has 0 amide bonds. The molecule has 2 rings (SSSR count). The van der Waals surface area contributed by atoms with Gasteiger partial charge in [-0.05, 0) is 35.0 Å². The standard InChI is InChI=1S/C11H17BrN2S/c1-2-13-10-3-4-14(6-10)7-11-5-9(12)8-15-11/h5,8,10,13H,2-4,6-7H2,1H3. The number of hydrogen-bond acceptors (Lipinski definition) is 3. The van der Waals surface area contributed by atoms with E-state index in [9.17, 15) is 0 Å². The van der Waals surface area contributed by atoms with E-state index in [-0.39, 0.29) is 0 Å². The van der Waals surface area contributed by atoms with E-state index in [0.29, 0.717) is 6.04 Å². The van der Waals surface area contributed by atoms with Crippen molar-refractivity contribution in [2.45, 2.75) is 25.9 Å². The van der Waals surface area contributed by atoms with Crippen LogP contribution < -0.4 is 5.32 Å². The first-order valence-electron chi connectivity index (χ1n) is 5.46. The van der Waals surface area contributed by atoms with Crippen molar-refractivity contribution in [3.05, 3.63) is 20.8 Å². The second-order valence-corrected chi connectivity index (χ2v) is 5.92. The molecule has 1 N–H and O–H groups in total. The second-order valence-electron chi connectivity index (χ2n) is 4.01. The molecule has 1 aliphatic heterocycles. The van der Waals surface area contributed by atoms with E-state index in [1.165, 1.54) is 28.9 Å².